The third-order valence-electron chi connectivity index (χ3n) is 6.48. The number of benzene rings is 2. The highest BCUT2D eigenvalue weighted by Crippen LogP contribution is 2.27. The van der Waals surface area contributed by atoms with Crippen molar-refractivity contribution in [2.75, 3.05) is 20.1 Å². The van der Waals surface area contributed by atoms with Gasteiger partial charge in [0.2, 0.25) is 0 Å². The zero-order valence-corrected chi connectivity index (χ0v) is 19.6. The predicted octanol–water partition coefficient (Wildman–Crippen LogP) is 4.09. The normalized spacial score (nSPS) is 13.9. The van der Waals surface area contributed by atoms with Gasteiger partial charge >= 0.3 is 0 Å². The molecule has 0 fully saturated rings. The minimum Gasteiger partial charge on any atom is -0.318 e. The number of aromatic nitrogens is 2. The fourth-order valence-electron chi connectivity index (χ4n) is 4.75. The Balaban J connectivity index is 1.76. The number of hydrogen-bond acceptors (Lipinski definition) is 4. The number of nitrogens with zero attached hydrogens (tertiary/aromatic N) is 3. The molecule has 2 aromatic carbocycles. The highest BCUT2D eigenvalue weighted by Gasteiger charge is 2.28. The van der Waals surface area contributed by atoms with Gasteiger partial charge in [-0.3, -0.25) is 14.3 Å². The van der Waals surface area contributed by atoms with Crippen LogP contribution in [0.1, 0.15) is 54.0 Å². The Morgan fingerprint density at radius 1 is 1.09 bits per heavy atom. The van der Waals surface area contributed by atoms with Gasteiger partial charge in [0.1, 0.15) is 11.6 Å². The maximum absolute atomic E-state index is 13.6. The Labute approximate surface area is 195 Å². The summed E-state index contributed by atoms with van der Waals surface area (Å²) in [5.41, 5.74) is 4.09. The molecule has 0 bridgehead atoms. The fourth-order valence-corrected chi connectivity index (χ4v) is 4.75. The molecule has 4 rings (SSSR count). The molecule has 1 atom stereocenters. The van der Waals surface area contributed by atoms with Gasteiger partial charge < -0.3 is 5.32 Å². The maximum atomic E-state index is 13.6. The van der Waals surface area contributed by atoms with E-state index >= 15 is 0 Å². The van der Waals surface area contributed by atoms with Crippen molar-refractivity contribution in [3.8, 4) is 0 Å². The second-order valence-electron chi connectivity index (χ2n) is 8.75. The smallest absolute Gasteiger partial charge is 0.257 e. The van der Waals surface area contributed by atoms with Gasteiger partial charge in [-0.25, -0.2) is 9.37 Å². The molecule has 1 unspecified atom stereocenters. The molecule has 1 aromatic heterocycles. The second kappa shape index (κ2) is 10.9. The van der Waals surface area contributed by atoms with Gasteiger partial charge in [0.15, 0.2) is 0 Å². The van der Waals surface area contributed by atoms with Gasteiger partial charge in [-0.05, 0) is 56.0 Å². The molecule has 0 amide bonds. The van der Waals surface area contributed by atoms with E-state index in [9.17, 15) is 9.18 Å². The standard InChI is InChI=1S/C27H33FN4O/c1-3-25(31(17-16-29-2)18-21-12-14-22(28)15-13-21)26-30-24-11-7-10-23(24)27(33)32(26)19-20-8-5-4-6-9-20/h4-6,8-9,12-15,25,29H,3,7,10-11,16-19H2,1-2H3. The van der Waals surface area contributed by atoms with Crippen molar-refractivity contribution in [1.82, 2.24) is 19.8 Å². The summed E-state index contributed by atoms with van der Waals surface area (Å²) in [6.07, 6.45) is 3.49. The van der Waals surface area contributed by atoms with Crippen molar-refractivity contribution in [2.24, 2.45) is 0 Å². The van der Waals surface area contributed by atoms with Crippen molar-refractivity contribution in [3.05, 3.63) is 99.0 Å². The molecular formula is C27H33FN4O. The van der Waals surface area contributed by atoms with Crippen molar-refractivity contribution < 1.29 is 4.39 Å². The molecule has 1 aliphatic carbocycles. The summed E-state index contributed by atoms with van der Waals surface area (Å²) in [4.78, 5) is 21.1. The molecule has 174 valence electrons. The van der Waals surface area contributed by atoms with Crippen LogP contribution in [0.4, 0.5) is 4.39 Å². The molecule has 6 heteroatoms. The number of rotatable bonds is 10. The second-order valence-corrected chi connectivity index (χ2v) is 8.75. The van der Waals surface area contributed by atoms with E-state index in [4.69, 9.17) is 4.98 Å². The van der Waals surface area contributed by atoms with Gasteiger partial charge in [0.25, 0.3) is 5.56 Å². The van der Waals surface area contributed by atoms with Crippen LogP contribution in [0.3, 0.4) is 0 Å². The lowest BCUT2D eigenvalue weighted by molar-refractivity contribution is 0.172. The lowest BCUT2D eigenvalue weighted by Gasteiger charge is -2.32. The number of nitrogens with one attached hydrogen (secondary N) is 1. The van der Waals surface area contributed by atoms with Crippen LogP contribution in [-0.4, -0.2) is 34.6 Å². The molecular weight excluding hydrogens is 415 g/mol. The van der Waals surface area contributed by atoms with E-state index in [1.165, 1.54) is 12.1 Å². The SMILES string of the molecule is CCC(c1nc2c(c(=O)n1Cc1ccccc1)CCC2)N(CCNC)Cc1ccc(F)cc1. The van der Waals surface area contributed by atoms with E-state index in [0.717, 1.165) is 67.0 Å². The van der Waals surface area contributed by atoms with Crippen molar-refractivity contribution in [3.63, 3.8) is 0 Å². The van der Waals surface area contributed by atoms with Gasteiger partial charge in [-0.1, -0.05) is 49.4 Å². The van der Waals surface area contributed by atoms with E-state index in [1.54, 1.807) is 0 Å². The first-order chi connectivity index (χ1) is 16.1. The maximum Gasteiger partial charge on any atom is 0.257 e. The molecule has 0 saturated heterocycles. The Bertz CT molecular complexity index is 1110. The largest absolute Gasteiger partial charge is 0.318 e. The molecule has 1 aliphatic rings. The zero-order chi connectivity index (χ0) is 23.2. The topological polar surface area (TPSA) is 50.2 Å². The van der Waals surface area contributed by atoms with Crippen LogP contribution < -0.4 is 10.9 Å². The Hall–Kier alpha value is -2.83. The van der Waals surface area contributed by atoms with E-state index in [2.05, 4.69) is 29.3 Å². The average molecular weight is 449 g/mol. The Morgan fingerprint density at radius 2 is 1.85 bits per heavy atom. The molecule has 0 saturated carbocycles. The minimum atomic E-state index is -0.232. The third kappa shape index (κ3) is 5.40. The highest BCUT2D eigenvalue weighted by atomic mass is 19.1. The number of hydrogen-bond donors (Lipinski definition) is 1. The summed E-state index contributed by atoms with van der Waals surface area (Å²) < 4.78 is 15.4. The number of halogens is 1. The lowest BCUT2D eigenvalue weighted by Crippen LogP contribution is -2.39. The molecule has 33 heavy (non-hydrogen) atoms. The molecule has 1 N–H and O–H groups in total. The van der Waals surface area contributed by atoms with Crippen LogP contribution in [0.15, 0.2) is 59.4 Å². The van der Waals surface area contributed by atoms with Crippen molar-refractivity contribution >= 4 is 0 Å². The van der Waals surface area contributed by atoms with Crippen LogP contribution in [0.5, 0.6) is 0 Å². The van der Waals surface area contributed by atoms with Crippen LogP contribution in [-0.2, 0) is 25.9 Å². The number of likely N-dealkylation sites (N-methyl/N-ethyl adjacent to an activating group) is 1. The number of aryl methyl sites for hydroxylation is 1. The summed E-state index contributed by atoms with van der Waals surface area (Å²) in [6, 6.07) is 16.8. The molecule has 0 radical (unpaired) electrons. The first-order valence-corrected chi connectivity index (χ1v) is 11.9. The summed E-state index contributed by atoms with van der Waals surface area (Å²) in [5, 5.41) is 3.24. The first-order valence-electron chi connectivity index (χ1n) is 11.9. The van der Waals surface area contributed by atoms with Crippen LogP contribution in [0, 0.1) is 5.82 Å². The first kappa shape index (κ1) is 23.3. The third-order valence-corrected chi connectivity index (χ3v) is 6.48. The van der Waals surface area contributed by atoms with Gasteiger partial charge in [-0.2, -0.15) is 0 Å². The van der Waals surface area contributed by atoms with E-state index < -0.39 is 0 Å². The fraction of sp³-hybridized carbons (Fsp3) is 0.407. The zero-order valence-electron chi connectivity index (χ0n) is 19.6. The van der Waals surface area contributed by atoms with Crippen molar-refractivity contribution in [2.45, 2.75) is 51.7 Å². The Morgan fingerprint density at radius 3 is 2.55 bits per heavy atom. The van der Waals surface area contributed by atoms with E-state index in [-0.39, 0.29) is 17.4 Å². The van der Waals surface area contributed by atoms with Gasteiger partial charge in [0, 0.05) is 25.2 Å². The van der Waals surface area contributed by atoms with E-state index in [0.29, 0.717) is 13.1 Å². The summed E-state index contributed by atoms with van der Waals surface area (Å²) in [7, 11) is 1.94. The van der Waals surface area contributed by atoms with Crippen LogP contribution in [0.25, 0.3) is 0 Å². The van der Waals surface area contributed by atoms with Crippen molar-refractivity contribution in [1.29, 1.82) is 0 Å². The average Bonchev–Trinajstić information content (AvgIpc) is 3.31. The molecule has 1 heterocycles. The summed E-state index contributed by atoms with van der Waals surface area (Å²) in [5.74, 6) is 0.606. The van der Waals surface area contributed by atoms with Crippen LogP contribution in [0.2, 0.25) is 0 Å². The molecule has 5 nitrogen and oxygen atoms in total. The minimum absolute atomic E-state index is 0.0225. The van der Waals surface area contributed by atoms with Crippen LogP contribution >= 0.6 is 0 Å². The molecule has 3 aromatic rings. The summed E-state index contributed by atoms with van der Waals surface area (Å²) >= 11 is 0. The Kier molecular flexibility index (Phi) is 7.68. The molecule has 0 aliphatic heterocycles. The van der Waals surface area contributed by atoms with E-state index in [1.807, 2.05) is 41.9 Å². The predicted molar refractivity (Wildman–Crippen MR) is 130 cm³/mol. The molecule has 0 spiro atoms. The van der Waals surface area contributed by atoms with Gasteiger partial charge in [-0.15, -0.1) is 0 Å². The highest BCUT2D eigenvalue weighted by molar-refractivity contribution is 5.26. The summed E-state index contributed by atoms with van der Waals surface area (Å²) in [6.45, 7) is 4.94. The van der Waals surface area contributed by atoms with Gasteiger partial charge in [0.05, 0.1) is 18.3 Å². The lowest BCUT2D eigenvalue weighted by atomic mass is 10.1. The quantitative estimate of drug-likeness (QED) is 0.508. The number of fused-ring (bicyclic) bond motifs is 1. The monoisotopic (exact) mass is 448 g/mol.